The van der Waals surface area contributed by atoms with Crippen LogP contribution in [0.25, 0.3) is 44.4 Å². The number of hydrogen-bond acceptors (Lipinski definition) is 1. The molecule has 0 unspecified atom stereocenters. The van der Waals surface area contributed by atoms with Crippen molar-refractivity contribution >= 4 is 10.8 Å². The molecule has 0 saturated heterocycles. The summed E-state index contributed by atoms with van der Waals surface area (Å²) in [5.41, 5.74) is 9.74. The SMILES string of the molecule is CC1(C)c2ccccc2-c2nc(-c3ccc(-c4ccccc4)c4ccccc34)ccc21. The summed E-state index contributed by atoms with van der Waals surface area (Å²) in [5.74, 6) is 0. The summed E-state index contributed by atoms with van der Waals surface area (Å²) in [6.07, 6.45) is 0. The van der Waals surface area contributed by atoms with Crippen LogP contribution in [0.3, 0.4) is 0 Å². The largest absolute Gasteiger partial charge is 0.247 e. The third kappa shape index (κ3) is 2.67. The zero-order valence-corrected chi connectivity index (χ0v) is 17.8. The van der Waals surface area contributed by atoms with Gasteiger partial charge in [-0.25, -0.2) is 4.98 Å². The highest BCUT2D eigenvalue weighted by Gasteiger charge is 2.36. The molecule has 0 N–H and O–H groups in total. The fourth-order valence-corrected chi connectivity index (χ4v) is 5.09. The van der Waals surface area contributed by atoms with Crippen LogP contribution < -0.4 is 0 Å². The number of rotatable bonds is 2. The van der Waals surface area contributed by atoms with E-state index in [1.54, 1.807) is 0 Å². The van der Waals surface area contributed by atoms with Crippen molar-refractivity contribution < 1.29 is 0 Å². The first-order chi connectivity index (χ1) is 15.1. The molecule has 0 bridgehead atoms. The monoisotopic (exact) mass is 397 g/mol. The summed E-state index contributed by atoms with van der Waals surface area (Å²) in [5, 5.41) is 2.50. The van der Waals surface area contributed by atoms with Gasteiger partial charge in [0.25, 0.3) is 0 Å². The van der Waals surface area contributed by atoms with Gasteiger partial charge in [-0.15, -0.1) is 0 Å². The summed E-state index contributed by atoms with van der Waals surface area (Å²) in [7, 11) is 0. The summed E-state index contributed by atoms with van der Waals surface area (Å²) < 4.78 is 0. The van der Waals surface area contributed by atoms with Gasteiger partial charge >= 0.3 is 0 Å². The molecule has 0 amide bonds. The lowest BCUT2D eigenvalue weighted by atomic mass is 9.83. The second-order valence-electron chi connectivity index (χ2n) is 8.84. The average Bonchev–Trinajstić information content (AvgIpc) is 3.06. The molecule has 1 nitrogen and oxygen atoms in total. The minimum Gasteiger partial charge on any atom is -0.247 e. The third-order valence-corrected chi connectivity index (χ3v) is 6.71. The van der Waals surface area contributed by atoms with Crippen molar-refractivity contribution in [3.05, 3.63) is 114 Å². The topological polar surface area (TPSA) is 12.9 Å². The molecule has 5 aromatic rings. The van der Waals surface area contributed by atoms with Crippen LogP contribution in [0, 0.1) is 0 Å². The molecular formula is C30H23N. The fraction of sp³-hybridized carbons (Fsp3) is 0.100. The number of fused-ring (bicyclic) bond motifs is 4. The van der Waals surface area contributed by atoms with Crippen molar-refractivity contribution in [2.75, 3.05) is 0 Å². The van der Waals surface area contributed by atoms with Gasteiger partial charge in [0.1, 0.15) is 0 Å². The Morgan fingerprint density at radius 2 is 1.16 bits per heavy atom. The summed E-state index contributed by atoms with van der Waals surface area (Å²) in [6.45, 7) is 4.59. The quantitative estimate of drug-likeness (QED) is 0.295. The fourth-order valence-electron chi connectivity index (χ4n) is 5.09. The lowest BCUT2D eigenvalue weighted by molar-refractivity contribution is 0.659. The van der Waals surface area contributed by atoms with E-state index in [1.807, 2.05) is 0 Å². The van der Waals surface area contributed by atoms with Crippen molar-refractivity contribution in [2.45, 2.75) is 19.3 Å². The van der Waals surface area contributed by atoms with E-state index in [4.69, 9.17) is 4.98 Å². The highest BCUT2D eigenvalue weighted by molar-refractivity contribution is 6.04. The Labute approximate surface area is 183 Å². The van der Waals surface area contributed by atoms with E-state index in [2.05, 4.69) is 117 Å². The van der Waals surface area contributed by atoms with E-state index in [1.165, 1.54) is 44.2 Å². The lowest BCUT2D eigenvalue weighted by Gasteiger charge is -2.21. The Morgan fingerprint density at radius 1 is 0.516 bits per heavy atom. The highest BCUT2D eigenvalue weighted by atomic mass is 14.7. The van der Waals surface area contributed by atoms with Crippen LogP contribution in [0.5, 0.6) is 0 Å². The highest BCUT2D eigenvalue weighted by Crippen LogP contribution is 2.48. The molecule has 31 heavy (non-hydrogen) atoms. The Hall–Kier alpha value is -3.71. The van der Waals surface area contributed by atoms with Crippen molar-refractivity contribution in [2.24, 2.45) is 0 Å². The lowest BCUT2D eigenvalue weighted by Crippen LogP contribution is -2.14. The molecule has 148 valence electrons. The first kappa shape index (κ1) is 18.1. The Morgan fingerprint density at radius 3 is 1.97 bits per heavy atom. The molecule has 1 aliphatic rings. The number of aromatic nitrogens is 1. The van der Waals surface area contributed by atoms with Gasteiger partial charge in [0.15, 0.2) is 0 Å². The molecule has 1 aliphatic carbocycles. The normalized spacial score (nSPS) is 13.7. The molecule has 0 atom stereocenters. The average molecular weight is 398 g/mol. The first-order valence-corrected chi connectivity index (χ1v) is 10.8. The Bertz CT molecular complexity index is 1440. The van der Waals surface area contributed by atoms with Gasteiger partial charge in [0.2, 0.25) is 0 Å². The molecule has 6 rings (SSSR count). The van der Waals surface area contributed by atoms with Crippen molar-refractivity contribution in [1.82, 2.24) is 4.98 Å². The Kier molecular flexibility index (Phi) is 3.88. The van der Waals surface area contributed by atoms with E-state index in [0.717, 1.165) is 11.4 Å². The van der Waals surface area contributed by atoms with Crippen LogP contribution in [0.15, 0.2) is 103 Å². The van der Waals surface area contributed by atoms with E-state index in [0.29, 0.717) is 0 Å². The second-order valence-corrected chi connectivity index (χ2v) is 8.84. The van der Waals surface area contributed by atoms with Gasteiger partial charge < -0.3 is 0 Å². The zero-order chi connectivity index (χ0) is 21.0. The van der Waals surface area contributed by atoms with Gasteiger partial charge in [-0.3, -0.25) is 0 Å². The van der Waals surface area contributed by atoms with Crippen LogP contribution in [-0.2, 0) is 5.41 Å². The molecular weight excluding hydrogens is 374 g/mol. The number of pyridine rings is 1. The summed E-state index contributed by atoms with van der Waals surface area (Å²) in [6, 6.07) is 36.9. The molecule has 1 heterocycles. The molecule has 0 radical (unpaired) electrons. The van der Waals surface area contributed by atoms with E-state index < -0.39 is 0 Å². The molecule has 0 fully saturated rings. The molecule has 0 spiro atoms. The van der Waals surface area contributed by atoms with E-state index in [9.17, 15) is 0 Å². The van der Waals surface area contributed by atoms with E-state index in [-0.39, 0.29) is 5.41 Å². The minimum atomic E-state index is -0.0172. The van der Waals surface area contributed by atoms with Crippen LogP contribution in [-0.4, -0.2) is 4.98 Å². The van der Waals surface area contributed by atoms with Crippen LogP contribution in [0.2, 0.25) is 0 Å². The van der Waals surface area contributed by atoms with Crippen molar-refractivity contribution in [3.63, 3.8) is 0 Å². The Balaban J connectivity index is 1.57. The predicted molar refractivity (Wildman–Crippen MR) is 130 cm³/mol. The number of benzene rings is 4. The molecule has 1 heteroatoms. The maximum absolute atomic E-state index is 5.21. The van der Waals surface area contributed by atoms with Crippen molar-refractivity contribution in [1.29, 1.82) is 0 Å². The van der Waals surface area contributed by atoms with Gasteiger partial charge in [-0.2, -0.15) is 0 Å². The van der Waals surface area contributed by atoms with Gasteiger partial charge in [-0.05, 0) is 39.1 Å². The van der Waals surface area contributed by atoms with Crippen LogP contribution >= 0.6 is 0 Å². The zero-order valence-electron chi connectivity index (χ0n) is 17.8. The second kappa shape index (κ2) is 6.65. The number of nitrogens with zero attached hydrogens (tertiary/aromatic N) is 1. The maximum atomic E-state index is 5.21. The smallest absolute Gasteiger partial charge is 0.0753 e. The molecule has 0 aliphatic heterocycles. The van der Waals surface area contributed by atoms with E-state index >= 15 is 0 Å². The summed E-state index contributed by atoms with van der Waals surface area (Å²) in [4.78, 5) is 5.21. The van der Waals surface area contributed by atoms with Crippen molar-refractivity contribution in [3.8, 4) is 33.6 Å². The molecule has 1 aromatic heterocycles. The molecule has 0 saturated carbocycles. The third-order valence-electron chi connectivity index (χ3n) is 6.71. The summed E-state index contributed by atoms with van der Waals surface area (Å²) >= 11 is 0. The number of hydrogen-bond donors (Lipinski definition) is 0. The van der Waals surface area contributed by atoms with Gasteiger partial charge in [0.05, 0.1) is 11.4 Å². The molecule has 4 aromatic carbocycles. The minimum absolute atomic E-state index is 0.0172. The van der Waals surface area contributed by atoms with Gasteiger partial charge in [-0.1, -0.05) is 111 Å². The van der Waals surface area contributed by atoms with Crippen LogP contribution in [0.1, 0.15) is 25.0 Å². The maximum Gasteiger partial charge on any atom is 0.0753 e. The predicted octanol–water partition coefficient (Wildman–Crippen LogP) is 7.88. The first-order valence-electron chi connectivity index (χ1n) is 10.8. The standard InChI is InChI=1S/C30H23N/c1-30(2)26-15-9-8-14-25(26)29-27(30)18-19-28(31-29)24-17-16-21(20-10-4-3-5-11-20)22-12-6-7-13-23(22)24/h3-19H,1-2H3. The van der Waals surface area contributed by atoms with Crippen LogP contribution in [0.4, 0.5) is 0 Å². The van der Waals surface area contributed by atoms with Gasteiger partial charge in [0, 0.05) is 16.5 Å².